The summed E-state index contributed by atoms with van der Waals surface area (Å²) in [7, 11) is 0.948. The quantitative estimate of drug-likeness (QED) is 0.458. The van der Waals surface area contributed by atoms with Crippen LogP contribution in [0.15, 0.2) is 23.7 Å². The van der Waals surface area contributed by atoms with Crippen molar-refractivity contribution in [2.24, 2.45) is 0 Å². The Labute approximate surface area is 69.0 Å². The van der Waals surface area contributed by atoms with E-state index in [0.29, 0.717) is 0 Å². The topological polar surface area (TPSA) is 0 Å². The fourth-order valence-corrected chi connectivity index (χ4v) is 0.833. The third-order valence-corrected chi connectivity index (χ3v) is 1.27. The molecule has 0 aliphatic carbocycles. The van der Waals surface area contributed by atoms with E-state index in [4.69, 9.17) is 0 Å². The van der Waals surface area contributed by atoms with Crippen LogP contribution in [0.25, 0.3) is 0 Å². The summed E-state index contributed by atoms with van der Waals surface area (Å²) >= 11 is 0. The number of rotatable bonds is 0. The van der Waals surface area contributed by atoms with E-state index >= 15 is 0 Å². The van der Waals surface area contributed by atoms with Crippen molar-refractivity contribution >= 4 is 45.9 Å². The minimum Gasteiger partial charge on any atom is -0.140 e. The summed E-state index contributed by atoms with van der Waals surface area (Å²) < 4.78 is 0. The van der Waals surface area contributed by atoms with Crippen molar-refractivity contribution in [2.75, 3.05) is 0 Å². The van der Waals surface area contributed by atoms with Crippen LogP contribution < -0.4 is 0 Å². The van der Waals surface area contributed by atoms with Crippen LogP contribution in [-0.4, -0.2) is 37.7 Å². The van der Waals surface area contributed by atoms with Crippen LogP contribution >= 0.6 is 8.19 Å². The van der Waals surface area contributed by atoms with E-state index in [0.717, 1.165) is 8.19 Å². The molecule has 1 rings (SSSR count). The van der Waals surface area contributed by atoms with Gasteiger partial charge >= 0.3 is 0 Å². The molecular formula is C4H5CaP. The molecule has 0 saturated carbocycles. The maximum absolute atomic E-state index is 2.15. The van der Waals surface area contributed by atoms with Gasteiger partial charge in [-0.05, 0) is 11.6 Å². The van der Waals surface area contributed by atoms with Gasteiger partial charge in [-0.2, -0.15) is 0 Å². The largest absolute Gasteiger partial charge is 0.140 e. The van der Waals surface area contributed by atoms with Gasteiger partial charge < -0.3 is 0 Å². The average Bonchev–Trinajstić information content (AvgIpc) is 1.76. The molecule has 0 bridgehead atoms. The van der Waals surface area contributed by atoms with Crippen molar-refractivity contribution in [1.82, 2.24) is 0 Å². The van der Waals surface area contributed by atoms with Crippen LogP contribution in [-0.2, 0) is 0 Å². The SMILES string of the molecule is [Ca].c1cc[pH]c1. The molecule has 2 heteroatoms. The molecule has 1 aromatic rings. The Kier molecular flexibility index (Phi) is 4.93. The molecule has 28 valence electrons. The van der Waals surface area contributed by atoms with E-state index in [9.17, 15) is 0 Å². The Morgan fingerprint density at radius 3 is 1.67 bits per heavy atom. The van der Waals surface area contributed by atoms with Gasteiger partial charge in [-0.25, -0.2) is 0 Å². The van der Waals surface area contributed by atoms with Gasteiger partial charge in [-0.1, -0.05) is 12.1 Å². The molecule has 0 amide bonds. The molecular weight excluding hydrogens is 119 g/mol. The van der Waals surface area contributed by atoms with Gasteiger partial charge in [-0.15, -0.1) is 8.19 Å². The third kappa shape index (κ3) is 2.25. The van der Waals surface area contributed by atoms with E-state index in [1.54, 1.807) is 0 Å². The van der Waals surface area contributed by atoms with Gasteiger partial charge in [-0.3, -0.25) is 0 Å². The van der Waals surface area contributed by atoms with Crippen LogP contribution in [0.1, 0.15) is 0 Å². The molecule has 6 heavy (non-hydrogen) atoms. The van der Waals surface area contributed by atoms with Crippen LogP contribution in [0.3, 0.4) is 0 Å². The third-order valence-electron chi connectivity index (χ3n) is 0.496. The maximum atomic E-state index is 2.15. The van der Waals surface area contributed by atoms with Gasteiger partial charge in [0.05, 0.1) is 0 Å². The standard InChI is InChI=1S/C4H5P.Ca/c1-2-4-5-3-1;/h1-5H;. The number of hydrogen-bond donors (Lipinski definition) is 0. The molecule has 0 aliphatic rings. The van der Waals surface area contributed by atoms with E-state index in [-0.39, 0.29) is 37.7 Å². The second kappa shape index (κ2) is 4.21. The second-order valence-corrected chi connectivity index (χ2v) is 1.88. The monoisotopic (exact) mass is 124 g/mol. The van der Waals surface area contributed by atoms with Crippen LogP contribution in [0.4, 0.5) is 0 Å². The molecule has 1 aromatic heterocycles. The van der Waals surface area contributed by atoms with Crippen molar-refractivity contribution in [3.05, 3.63) is 23.7 Å². The Morgan fingerprint density at radius 1 is 1.00 bits per heavy atom. The van der Waals surface area contributed by atoms with Crippen LogP contribution in [0, 0.1) is 0 Å². The first-order valence-electron chi connectivity index (χ1n) is 1.58. The Balaban J connectivity index is 0.000000250. The Bertz CT molecular complexity index is 64.0. The summed E-state index contributed by atoms with van der Waals surface area (Å²) in [6.45, 7) is 0. The van der Waals surface area contributed by atoms with Gasteiger partial charge in [0.15, 0.2) is 0 Å². The van der Waals surface area contributed by atoms with Crippen LogP contribution in [0.2, 0.25) is 0 Å². The van der Waals surface area contributed by atoms with Gasteiger partial charge in [0, 0.05) is 37.7 Å². The number of hydrogen-bond acceptors (Lipinski definition) is 0. The zero-order chi connectivity index (χ0) is 3.54. The van der Waals surface area contributed by atoms with Gasteiger partial charge in [0.25, 0.3) is 0 Å². The van der Waals surface area contributed by atoms with Crippen molar-refractivity contribution in [3.8, 4) is 0 Å². The van der Waals surface area contributed by atoms with Gasteiger partial charge in [0.2, 0.25) is 0 Å². The summed E-state index contributed by atoms with van der Waals surface area (Å²) in [6.07, 6.45) is 0. The molecule has 0 fully saturated rings. The smallest absolute Gasteiger partial charge is 0 e. The van der Waals surface area contributed by atoms with E-state index in [1.165, 1.54) is 0 Å². The molecule has 0 aliphatic heterocycles. The summed E-state index contributed by atoms with van der Waals surface area (Å²) in [5.74, 6) is 4.31. The van der Waals surface area contributed by atoms with Gasteiger partial charge in [0.1, 0.15) is 0 Å². The van der Waals surface area contributed by atoms with E-state index in [2.05, 4.69) is 23.7 Å². The molecule has 0 spiro atoms. The molecule has 1 heterocycles. The first-order chi connectivity index (χ1) is 2.50. The molecule has 0 nitrogen and oxygen atoms in total. The molecule has 0 saturated heterocycles. The summed E-state index contributed by atoms with van der Waals surface area (Å²) in [6, 6.07) is 4.14. The first-order valence-corrected chi connectivity index (χ1v) is 2.73. The molecule has 0 N–H and O–H groups in total. The molecule has 0 unspecified atom stereocenters. The fourth-order valence-electron chi connectivity index (χ4n) is 0.278. The predicted octanol–water partition coefficient (Wildman–Crippen LogP) is 1.34. The van der Waals surface area contributed by atoms with E-state index in [1.807, 2.05) is 0 Å². The van der Waals surface area contributed by atoms with Crippen molar-refractivity contribution < 1.29 is 0 Å². The van der Waals surface area contributed by atoms with Crippen molar-refractivity contribution in [3.63, 3.8) is 0 Å². The summed E-state index contributed by atoms with van der Waals surface area (Å²) in [5.41, 5.74) is 0. The minimum atomic E-state index is 0. The normalized spacial score (nSPS) is 6.67. The van der Waals surface area contributed by atoms with Crippen LogP contribution in [0.5, 0.6) is 0 Å². The first kappa shape index (κ1) is 7.04. The summed E-state index contributed by atoms with van der Waals surface area (Å²) in [5, 5.41) is 0. The Morgan fingerprint density at radius 2 is 1.50 bits per heavy atom. The fraction of sp³-hybridized carbons (Fsp3) is 0. The molecule has 0 atom stereocenters. The predicted molar refractivity (Wildman–Crippen MR) is 31.7 cm³/mol. The minimum absolute atomic E-state index is 0. The summed E-state index contributed by atoms with van der Waals surface area (Å²) in [4.78, 5) is 0. The second-order valence-electron chi connectivity index (χ2n) is 0.885. The Hall–Kier alpha value is 1.04. The zero-order valence-electron chi connectivity index (χ0n) is 3.52. The zero-order valence-corrected chi connectivity index (χ0v) is 6.72. The molecule has 0 aromatic carbocycles. The van der Waals surface area contributed by atoms with Crippen molar-refractivity contribution in [1.29, 1.82) is 0 Å². The maximum Gasteiger partial charge on any atom is 0 e. The van der Waals surface area contributed by atoms with E-state index < -0.39 is 0 Å². The molecule has 2 radical (unpaired) electrons. The average molecular weight is 124 g/mol. The van der Waals surface area contributed by atoms with Crippen molar-refractivity contribution in [2.45, 2.75) is 0 Å².